The number of esters is 2. The molecule has 3 rings (SSSR count). The molecule has 0 bridgehead atoms. The fourth-order valence-corrected chi connectivity index (χ4v) is 8.48. The summed E-state index contributed by atoms with van der Waals surface area (Å²) >= 11 is 0. The van der Waals surface area contributed by atoms with E-state index in [1.54, 1.807) is 0 Å². The van der Waals surface area contributed by atoms with Crippen molar-refractivity contribution in [1.29, 1.82) is 0 Å². The maximum atomic E-state index is 11.8. The van der Waals surface area contributed by atoms with Gasteiger partial charge in [0.25, 0.3) is 0 Å². The van der Waals surface area contributed by atoms with Crippen molar-refractivity contribution >= 4 is 17.9 Å². The molecule has 3 aliphatic heterocycles. The third-order valence-corrected chi connectivity index (χ3v) is 12.5. The van der Waals surface area contributed by atoms with Gasteiger partial charge in [-0.05, 0) is 38.5 Å². The van der Waals surface area contributed by atoms with E-state index >= 15 is 0 Å². The lowest BCUT2D eigenvalue weighted by Crippen LogP contribution is -2.65. The maximum Gasteiger partial charge on any atom is 0.332 e. The van der Waals surface area contributed by atoms with Gasteiger partial charge >= 0.3 is 17.9 Å². The summed E-state index contributed by atoms with van der Waals surface area (Å²) in [4.78, 5) is 34.0. The highest BCUT2D eigenvalue weighted by molar-refractivity contribution is 5.71. The van der Waals surface area contributed by atoms with Gasteiger partial charge < -0.3 is 89.0 Å². The smallest absolute Gasteiger partial charge is 0.332 e. The number of carboxylic acid groups (broad SMARTS) is 1. The Kier molecular flexibility index (Phi) is 28.2. The molecule has 392 valence electrons. The molecule has 0 radical (unpaired) electrons. The number of ether oxygens (including phenoxy) is 8. The molecule has 21 nitrogen and oxygen atoms in total. The van der Waals surface area contributed by atoms with Crippen LogP contribution in [0.4, 0.5) is 0 Å². The molecule has 17 atom stereocenters. The first-order chi connectivity index (χ1) is 31.9. The number of aliphatic carboxylic acids is 1. The number of aliphatic hydroxyl groups is 9. The van der Waals surface area contributed by atoms with Crippen molar-refractivity contribution in [1.82, 2.24) is 0 Å². The summed E-state index contributed by atoms with van der Waals surface area (Å²) in [6, 6.07) is 0. The number of hydrogen-bond acceptors (Lipinski definition) is 20. The molecule has 3 fully saturated rings. The van der Waals surface area contributed by atoms with Crippen molar-refractivity contribution in [2.45, 2.75) is 254 Å². The minimum absolute atomic E-state index is 0.300. The lowest BCUT2D eigenvalue weighted by Gasteiger charge is -2.46. The van der Waals surface area contributed by atoms with Crippen molar-refractivity contribution < 1.29 is 103 Å². The highest BCUT2D eigenvalue weighted by Crippen LogP contribution is 2.32. The van der Waals surface area contributed by atoms with Crippen LogP contribution in [0.1, 0.15) is 149 Å². The van der Waals surface area contributed by atoms with Crippen LogP contribution in [-0.4, -0.2) is 193 Å². The minimum atomic E-state index is -1.91. The Morgan fingerprint density at radius 3 is 1.55 bits per heavy atom. The van der Waals surface area contributed by atoms with Crippen LogP contribution in [0.5, 0.6) is 0 Å². The van der Waals surface area contributed by atoms with E-state index in [9.17, 15) is 60.3 Å². The third kappa shape index (κ3) is 21.0. The Morgan fingerprint density at radius 1 is 0.552 bits per heavy atom. The summed E-state index contributed by atoms with van der Waals surface area (Å²) in [5, 5.41) is 105. The summed E-state index contributed by atoms with van der Waals surface area (Å²) < 4.78 is 45.8. The summed E-state index contributed by atoms with van der Waals surface area (Å²) in [7, 11) is 0. The molecule has 67 heavy (non-hydrogen) atoms. The molecule has 0 spiro atoms. The Bertz CT molecular complexity index is 1380. The molecule has 0 aromatic rings. The van der Waals surface area contributed by atoms with Crippen molar-refractivity contribution in [3.63, 3.8) is 0 Å². The molecule has 0 aliphatic carbocycles. The summed E-state index contributed by atoms with van der Waals surface area (Å²) in [5.74, 6) is -2.71. The Morgan fingerprint density at radius 2 is 1.03 bits per heavy atom. The van der Waals surface area contributed by atoms with Gasteiger partial charge in [0, 0.05) is 13.8 Å². The van der Waals surface area contributed by atoms with Gasteiger partial charge in [-0.2, -0.15) is 0 Å². The molecule has 0 aromatic carbocycles. The van der Waals surface area contributed by atoms with Crippen LogP contribution in [0.15, 0.2) is 0 Å². The normalized spacial score (nSPS) is 32.0. The van der Waals surface area contributed by atoms with Crippen LogP contribution in [-0.2, 0) is 52.3 Å². The first-order valence-electron chi connectivity index (χ1n) is 24.5. The van der Waals surface area contributed by atoms with E-state index in [0.717, 1.165) is 104 Å². The van der Waals surface area contributed by atoms with Gasteiger partial charge in [0.15, 0.2) is 31.1 Å². The fourth-order valence-electron chi connectivity index (χ4n) is 8.48. The predicted molar refractivity (Wildman–Crippen MR) is 235 cm³/mol. The molecule has 0 amide bonds. The largest absolute Gasteiger partial charge is 0.479 e. The first-order valence-corrected chi connectivity index (χ1v) is 24.5. The minimum Gasteiger partial charge on any atom is -0.479 e. The molecule has 21 heteroatoms. The topological polar surface area (TPSA) is 327 Å². The van der Waals surface area contributed by atoms with Crippen LogP contribution < -0.4 is 0 Å². The molecule has 0 saturated carbocycles. The number of carbonyl (C=O) groups excluding carboxylic acids is 2. The quantitative estimate of drug-likeness (QED) is 0.0327. The third-order valence-electron chi connectivity index (χ3n) is 12.5. The van der Waals surface area contributed by atoms with E-state index in [-0.39, 0.29) is 6.61 Å². The second-order valence-electron chi connectivity index (χ2n) is 18.3. The second kappa shape index (κ2) is 31.9. The van der Waals surface area contributed by atoms with Crippen molar-refractivity contribution in [2.24, 2.45) is 0 Å². The Labute approximate surface area is 393 Å². The van der Waals surface area contributed by atoms with Gasteiger partial charge in [-0.1, -0.05) is 96.8 Å². The lowest BCUT2D eigenvalue weighted by molar-refractivity contribution is -0.380. The zero-order valence-electron chi connectivity index (χ0n) is 39.5. The van der Waals surface area contributed by atoms with Crippen LogP contribution in [0.2, 0.25) is 0 Å². The van der Waals surface area contributed by atoms with Gasteiger partial charge in [0.1, 0.15) is 61.5 Å². The van der Waals surface area contributed by atoms with Crippen molar-refractivity contribution in [2.75, 3.05) is 19.8 Å². The van der Waals surface area contributed by atoms with Crippen molar-refractivity contribution in [3.05, 3.63) is 0 Å². The van der Waals surface area contributed by atoms with Crippen LogP contribution in [0.25, 0.3) is 0 Å². The zero-order chi connectivity index (χ0) is 49.5. The number of hydrogen-bond donors (Lipinski definition) is 10. The summed E-state index contributed by atoms with van der Waals surface area (Å²) in [5.41, 5.74) is 0. The SMILES string of the molecule is CCCCC(CCCC(O)C(O)CCCCCCCCCCCCCCC(O)C(=O)O)OC1OCC(O)C(O)C1OC1OCC(O)C(O)C1OC1OC(COC(C)=O)C(OC(C)=O)C(O)C1O. The standard InChI is InChI=1S/C46H82O21/c1-4-5-19-29(20-18-23-31(50)30(49)21-16-14-12-10-8-6-7-9-11-13-15-17-22-32(51)43(58)59)64-45-41(36(54)33(52)24-61-45)67-46-42(37(55)34(53)25-62-46)66-44-39(57)38(56)40(63-28(3)48)35(65-44)26-60-27(2)47/h29-42,44-46,49-57H,4-26H2,1-3H3,(H,58,59). The average molecular weight is 971 g/mol. The van der Waals surface area contributed by atoms with Gasteiger partial charge in [0.2, 0.25) is 0 Å². The molecular formula is C46H82O21. The molecule has 3 heterocycles. The zero-order valence-corrected chi connectivity index (χ0v) is 39.5. The molecule has 10 N–H and O–H groups in total. The van der Waals surface area contributed by atoms with Gasteiger partial charge in [-0.15, -0.1) is 0 Å². The van der Waals surface area contributed by atoms with E-state index in [0.29, 0.717) is 38.5 Å². The average Bonchev–Trinajstić information content (AvgIpc) is 3.28. The number of carbonyl (C=O) groups is 3. The first kappa shape index (κ1) is 59.1. The van der Waals surface area contributed by atoms with E-state index in [4.69, 9.17) is 43.0 Å². The Balaban J connectivity index is 1.49. The van der Waals surface area contributed by atoms with Gasteiger partial charge in [0.05, 0.1) is 31.5 Å². The highest BCUT2D eigenvalue weighted by Gasteiger charge is 2.52. The number of unbranched alkanes of at least 4 members (excludes halogenated alkanes) is 12. The molecule has 3 aliphatic rings. The molecule has 0 aromatic heterocycles. The van der Waals surface area contributed by atoms with E-state index in [1.807, 2.05) is 6.92 Å². The van der Waals surface area contributed by atoms with Gasteiger partial charge in [-0.3, -0.25) is 9.59 Å². The second-order valence-corrected chi connectivity index (χ2v) is 18.3. The van der Waals surface area contributed by atoms with E-state index in [1.165, 1.54) is 0 Å². The Hall–Kier alpha value is -2.19. The molecule has 3 saturated heterocycles. The lowest BCUT2D eigenvalue weighted by atomic mass is 9.98. The maximum absolute atomic E-state index is 11.8. The van der Waals surface area contributed by atoms with Crippen LogP contribution in [0, 0.1) is 0 Å². The monoisotopic (exact) mass is 971 g/mol. The summed E-state index contributed by atoms with van der Waals surface area (Å²) in [6.45, 7) is 2.89. The van der Waals surface area contributed by atoms with Crippen LogP contribution >= 0.6 is 0 Å². The van der Waals surface area contributed by atoms with E-state index in [2.05, 4.69) is 0 Å². The van der Waals surface area contributed by atoms with E-state index < -0.39 is 135 Å². The predicted octanol–water partition coefficient (Wildman–Crippen LogP) is 1.23. The highest BCUT2D eigenvalue weighted by atomic mass is 16.8. The van der Waals surface area contributed by atoms with Crippen LogP contribution in [0.3, 0.4) is 0 Å². The molecule has 17 unspecified atom stereocenters. The molecular weight excluding hydrogens is 888 g/mol. The number of rotatable bonds is 33. The summed E-state index contributed by atoms with van der Waals surface area (Å²) in [6.07, 6.45) is -7.76. The van der Waals surface area contributed by atoms with Crippen molar-refractivity contribution in [3.8, 4) is 0 Å². The number of aliphatic hydroxyl groups excluding tert-OH is 9. The van der Waals surface area contributed by atoms with Gasteiger partial charge in [-0.25, -0.2) is 4.79 Å². The fraction of sp³-hybridized carbons (Fsp3) is 0.935. The number of carboxylic acids is 1.